The van der Waals surface area contributed by atoms with Crippen molar-refractivity contribution in [1.29, 1.82) is 0 Å². The minimum absolute atomic E-state index is 0.203. The second-order valence-corrected chi connectivity index (χ2v) is 4.92. The van der Waals surface area contributed by atoms with Crippen molar-refractivity contribution in [3.63, 3.8) is 0 Å². The number of fused-ring (bicyclic) bond motifs is 2. The first-order chi connectivity index (χ1) is 8.70. The summed E-state index contributed by atoms with van der Waals surface area (Å²) in [5.74, 6) is -0.554. The highest BCUT2D eigenvalue weighted by atomic mass is 16.7. The number of hydrogen-bond donors (Lipinski definition) is 0. The molecule has 1 saturated carbocycles. The van der Waals surface area contributed by atoms with Crippen LogP contribution in [0.25, 0.3) is 0 Å². The van der Waals surface area contributed by atoms with E-state index in [4.69, 9.17) is 4.84 Å². The summed E-state index contributed by atoms with van der Waals surface area (Å²) in [7, 11) is 1.37. The van der Waals surface area contributed by atoms with E-state index in [1.54, 1.807) is 6.07 Å². The van der Waals surface area contributed by atoms with Crippen LogP contribution in [0.4, 0.5) is 0 Å². The predicted molar refractivity (Wildman–Crippen MR) is 64.8 cm³/mol. The lowest BCUT2D eigenvalue weighted by molar-refractivity contribution is -0.169. The maximum absolute atomic E-state index is 12.5. The molecular formula is C14H15NO3. The number of rotatable bonds is 1. The molecule has 1 spiro atoms. The SMILES string of the molecule is CON1C(=O)c2ccccc2C2(CCCC2)C1=O. The Hall–Kier alpha value is -1.68. The number of amides is 2. The average molecular weight is 245 g/mol. The molecule has 1 heterocycles. The summed E-state index contributed by atoms with van der Waals surface area (Å²) in [6.45, 7) is 0. The van der Waals surface area contributed by atoms with Crippen molar-refractivity contribution in [3.8, 4) is 0 Å². The van der Waals surface area contributed by atoms with Crippen LogP contribution >= 0.6 is 0 Å². The highest BCUT2D eigenvalue weighted by Gasteiger charge is 2.52. The zero-order chi connectivity index (χ0) is 12.8. The van der Waals surface area contributed by atoms with Crippen LogP contribution in [0.1, 0.15) is 41.6 Å². The lowest BCUT2D eigenvalue weighted by atomic mass is 9.73. The van der Waals surface area contributed by atoms with Gasteiger partial charge in [0.25, 0.3) is 11.8 Å². The Morgan fingerprint density at radius 1 is 1.17 bits per heavy atom. The van der Waals surface area contributed by atoms with Gasteiger partial charge in [0.15, 0.2) is 0 Å². The molecule has 0 aromatic heterocycles. The Morgan fingerprint density at radius 2 is 1.83 bits per heavy atom. The van der Waals surface area contributed by atoms with E-state index in [2.05, 4.69) is 0 Å². The van der Waals surface area contributed by atoms with Crippen LogP contribution in [-0.4, -0.2) is 24.0 Å². The standard InChI is InChI=1S/C14H15NO3/c1-18-15-12(16)10-6-2-3-7-11(10)14(13(15)17)8-4-5-9-14/h2-3,6-7H,4-5,8-9H2,1H3. The van der Waals surface area contributed by atoms with Gasteiger partial charge in [-0.15, -0.1) is 5.06 Å². The van der Waals surface area contributed by atoms with Crippen molar-refractivity contribution in [2.24, 2.45) is 0 Å². The zero-order valence-electron chi connectivity index (χ0n) is 10.3. The summed E-state index contributed by atoms with van der Waals surface area (Å²) in [4.78, 5) is 29.7. The number of carbonyl (C=O) groups is 2. The van der Waals surface area contributed by atoms with Gasteiger partial charge in [-0.25, -0.2) is 0 Å². The van der Waals surface area contributed by atoms with Gasteiger partial charge in [0.05, 0.1) is 12.5 Å². The summed E-state index contributed by atoms with van der Waals surface area (Å²) in [6.07, 6.45) is 3.64. The third-order valence-corrected chi connectivity index (χ3v) is 4.09. The molecule has 1 aromatic carbocycles. The first-order valence-corrected chi connectivity index (χ1v) is 6.23. The molecule has 0 radical (unpaired) electrons. The molecule has 3 rings (SSSR count). The maximum atomic E-state index is 12.5. The highest BCUT2D eigenvalue weighted by Crippen LogP contribution is 2.46. The van der Waals surface area contributed by atoms with E-state index < -0.39 is 5.41 Å². The molecule has 4 nitrogen and oxygen atoms in total. The van der Waals surface area contributed by atoms with E-state index in [0.29, 0.717) is 5.56 Å². The molecular weight excluding hydrogens is 230 g/mol. The number of benzene rings is 1. The van der Waals surface area contributed by atoms with E-state index in [1.807, 2.05) is 18.2 Å². The fourth-order valence-corrected chi connectivity index (χ4v) is 3.23. The van der Waals surface area contributed by atoms with Gasteiger partial charge in [-0.2, -0.15) is 0 Å². The number of carbonyl (C=O) groups excluding carboxylic acids is 2. The van der Waals surface area contributed by atoms with Crippen molar-refractivity contribution in [1.82, 2.24) is 5.06 Å². The smallest absolute Gasteiger partial charge is 0.271 e. The second kappa shape index (κ2) is 3.92. The van der Waals surface area contributed by atoms with Gasteiger partial charge >= 0.3 is 0 Å². The molecule has 0 atom stereocenters. The first kappa shape index (κ1) is 11.4. The fraction of sp³-hybridized carbons (Fsp3) is 0.429. The molecule has 1 aliphatic heterocycles. The molecule has 2 amide bonds. The summed E-state index contributed by atoms with van der Waals surface area (Å²) in [6, 6.07) is 7.39. The Bertz CT molecular complexity index is 518. The van der Waals surface area contributed by atoms with Crippen LogP contribution in [-0.2, 0) is 15.0 Å². The van der Waals surface area contributed by atoms with E-state index in [1.165, 1.54) is 7.11 Å². The van der Waals surface area contributed by atoms with E-state index in [0.717, 1.165) is 36.3 Å². The lowest BCUT2D eigenvalue weighted by Crippen LogP contribution is -2.52. The highest BCUT2D eigenvalue weighted by molar-refractivity contribution is 6.12. The van der Waals surface area contributed by atoms with Gasteiger partial charge in [-0.05, 0) is 24.5 Å². The van der Waals surface area contributed by atoms with Crippen molar-refractivity contribution < 1.29 is 14.4 Å². The Labute approximate surface area is 105 Å². The van der Waals surface area contributed by atoms with Gasteiger partial charge in [0.2, 0.25) is 0 Å². The molecule has 1 fully saturated rings. The monoisotopic (exact) mass is 245 g/mol. The van der Waals surface area contributed by atoms with E-state index >= 15 is 0 Å². The number of imide groups is 1. The van der Waals surface area contributed by atoms with Crippen molar-refractivity contribution in [3.05, 3.63) is 35.4 Å². The summed E-state index contributed by atoms with van der Waals surface area (Å²) >= 11 is 0. The Balaban J connectivity index is 2.23. The molecule has 4 heteroatoms. The molecule has 0 N–H and O–H groups in total. The second-order valence-electron chi connectivity index (χ2n) is 4.92. The molecule has 94 valence electrons. The number of hydrogen-bond acceptors (Lipinski definition) is 3. The van der Waals surface area contributed by atoms with Gasteiger partial charge in [0.1, 0.15) is 0 Å². The van der Waals surface area contributed by atoms with Crippen molar-refractivity contribution in [2.75, 3.05) is 7.11 Å². The normalized spacial score (nSPS) is 21.5. The summed E-state index contributed by atoms with van der Waals surface area (Å²) < 4.78 is 0. The summed E-state index contributed by atoms with van der Waals surface area (Å²) in [5, 5.41) is 0.924. The van der Waals surface area contributed by atoms with Gasteiger partial charge in [0, 0.05) is 5.56 Å². The van der Waals surface area contributed by atoms with E-state index in [9.17, 15) is 9.59 Å². The summed E-state index contributed by atoms with van der Waals surface area (Å²) in [5.41, 5.74) is 0.937. The zero-order valence-corrected chi connectivity index (χ0v) is 10.3. The van der Waals surface area contributed by atoms with Crippen molar-refractivity contribution >= 4 is 11.8 Å². The van der Waals surface area contributed by atoms with Crippen LogP contribution in [0.15, 0.2) is 24.3 Å². The van der Waals surface area contributed by atoms with Crippen LogP contribution in [0.5, 0.6) is 0 Å². The Morgan fingerprint density at radius 3 is 2.50 bits per heavy atom. The largest absolute Gasteiger partial charge is 0.285 e. The molecule has 2 aliphatic rings. The predicted octanol–water partition coefficient (Wildman–Crippen LogP) is 2.04. The van der Waals surface area contributed by atoms with Crippen LogP contribution in [0, 0.1) is 0 Å². The molecule has 1 aromatic rings. The molecule has 0 bridgehead atoms. The third kappa shape index (κ3) is 1.29. The van der Waals surface area contributed by atoms with Crippen LogP contribution in [0.2, 0.25) is 0 Å². The van der Waals surface area contributed by atoms with Gasteiger partial charge < -0.3 is 0 Å². The number of nitrogens with zero attached hydrogens (tertiary/aromatic N) is 1. The minimum atomic E-state index is -0.541. The van der Waals surface area contributed by atoms with Crippen molar-refractivity contribution in [2.45, 2.75) is 31.1 Å². The fourth-order valence-electron chi connectivity index (χ4n) is 3.23. The topological polar surface area (TPSA) is 46.6 Å². The maximum Gasteiger partial charge on any atom is 0.285 e. The quantitative estimate of drug-likeness (QED) is 0.711. The lowest BCUT2D eigenvalue weighted by Gasteiger charge is -2.37. The number of hydroxylamine groups is 2. The molecule has 18 heavy (non-hydrogen) atoms. The van der Waals surface area contributed by atoms with Gasteiger partial charge in [-0.3, -0.25) is 14.4 Å². The van der Waals surface area contributed by atoms with Crippen LogP contribution in [0.3, 0.4) is 0 Å². The molecule has 1 aliphatic carbocycles. The van der Waals surface area contributed by atoms with Gasteiger partial charge in [-0.1, -0.05) is 31.0 Å². The molecule has 0 unspecified atom stereocenters. The third-order valence-electron chi connectivity index (χ3n) is 4.09. The van der Waals surface area contributed by atoms with Crippen LogP contribution < -0.4 is 0 Å². The minimum Gasteiger partial charge on any atom is -0.271 e. The first-order valence-electron chi connectivity index (χ1n) is 6.23. The van der Waals surface area contributed by atoms with E-state index in [-0.39, 0.29) is 11.8 Å². The average Bonchev–Trinajstić information content (AvgIpc) is 2.88. The Kier molecular flexibility index (Phi) is 2.48. The molecule has 0 saturated heterocycles.